The van der Waals surface area contributed by atoms with E-state index in [1.165, 1.54) is 6.26 Å². The molecule has 78 valence electrons. The van der Waals surface area contributed by atoms with E-state index in [1.807, 2.05) is 31.2 Å². The SMILES string of the molecule is CCN(c1ccc(Br)cc1)S(C)(=N)=O. The van der Waals surface area contributed by atoms with Crippen LogP contribution in [0.4, 0.5) is 5.69 Å². The summed E-state index contributed by atoms with van der Waals surface area (Å²) in [4.78, 5) is 0. The van der Waals surface area contributed by atoms with Crippen molar-refractivity contribution in [2.24, 2.45) is 0 Å². The van der Waals surface area contributed by atoms with Crippen LogP contribution in [0.2, 0.25) is 0 Å². The molecule has 14 heavy (non-hydrogen) atoms. The van der Waals surface area contributed by atoms with Crippen LogP contribution in [0, 0.1) is 4.78 Å². The molecule has 0 aliphatic heterocycles. The molecule has 1 rings (SSSR count). The molecule has 5 heteroatoms. The zero-order valence-electron chi connectivity index (χ0n) is 8.16. The molecule has 0 fully saturated rings. The average Bonchev–Trinajstić information content (AvgIpc) is 2.07. The second kappa shape index (κ2) is 4.31. The van der Waals surface area contributed by atoms with Gasteiger partial charge >= 0.3 is 0 Å². The summed E-state index contributed by atoms with van der Waals surface area (Å²) < 4.78 is 21.7. The molecule has 0 aliphatic carbocycles. The number of rotatable bonds is 3. The molecule has 0 spiro atoms. The highest BCUT2D eigenvalue weighted by Gasteiger charge is 2.10. The first kappa shape index (κ1) is 11.5. The minimum Gasteiger partial charge on any atom is -0.286 e. The lowest BCUT2D eigenvalue weighted by molar-refractivity contribution is 0.675. The third kappa shape index (κ3) is 2.72. The largest absolute Gasteiger partial charge is 0.286 e. The van der Waals surface area contributed by atoms with Crippen LogP contribution in [0.5, 0.6) is 0 Å². The first-order chi connectivity index (χ1) is 6.45. The highest BCUT2D eigenvalue weighted by Crippen LogP contribution is 2.20. The van der Waals surface area contributed by atoms with Gasteiger partial charge in [-0.15, -0.1) is 0 Å². The zero-order chi connectivity index (χ0) is 10.8. The van der Waals surface area contributed by atoms with Crippen molar-refractivity contribution in [2.75, 3.05) is 17.1 Å². The Morgan fingerprint density at radius 1 is 1.43 bits per heavy atom. The number of hydrogen-bond acceptors (Lipinski definition) is 2. The van der Waals surface area contributed by atoms with E-state index in [4.69, 9.17) is 4.78 Å². The second-order valence-electron chi connectivity index (χ2n) is 2.97. The Labute approximate surface area is 93.4 Å². The molecule has 0 saturated carbocycles. The van der Waals surface area contributed by atoms with Gasteiger partial charge in [-0.1, -0.05) is 15.9 Å². The van der Waals surface area contributed by atoms with Crippen LogP contribution in [0.1, 0.15) is 6.92 Å². The molecule has 0 amide bonds. The van der Waals surface area contributed by atoms with Crippen molar-refractivity contribution >= 4 is 31.5 Å². The molecule has 1 atom stereocenters. The van der Waals surface area contributed by atoms with Crippen LogP contribution < -0.4 is 4.31 Å². The van der Waals surface area contributed by atoms with Crippen LogP contribution in [0.15, 0.2) is 28.7 Å². The fraction of sp³-hybridized carbons (Fsp3) is 0.333. The average molecular weight is 277 g/mol. The molecule has 1 unspecified atom stereocenters. The van der Waals surface area contributed by atoms with Crippen LogP contribution >= 0.6 is 15.9 Å². The fourth-order valence-corrected chi connectivity index (χ4v) is 2.52. The smallest absolute Gasteiger partial charge is 0.126 e. The number of anilines is 1. The molecule has 3 nitrogen and oxygen atoms in total. The molecule has 0 bridgehead atoms. The van der Waals surface area contributed by atoms with Gasteiger partial charge in [0.1, 0.15) is 9.92 Å². The highest BCUT2D eigenvalue weighted by atomic mass is 79.9. The van der Waals surface area contributed by atoms with Gasteiger partial charge in [-0.2, -0.15) is 0 Å². The Morgan fingerprint density at radius 3 is 2.29 bits per heavy atom. The van der Waals surface area contributed by atoms with Crippen LogP contribution in [-0.2, 0) is 9.92 Å². The quantitative estimate of drug-likeness (QED) is 0.907. The summed E-state index contributed by atoms with van der Waals surface area (Å²) in [5, 5.41) is 0. The van der Waals surface area contributed by atoms with Crippen LogP contribution in [0.25, 0.3) is 0 Å². The summed E-state index contributed by atoms with van der Waals surface area (Å²) >= 11 is 3.33. The van der Waals surface area contributed by atoms with Crippen molar-refractivity contribution in [2.45, 2.75) is 6.92 Å². The van der Waals surface area contributed by atoms with Gasteiger partial charge in [0.05, 0.1) is 5.69 Å². The predicted octanol–water partition coefficient (Wildman–Crippen LogP) is 2.87. The highest BCUT2D eigenvalue weighted by molar-refractivity contribution is 9.10. The Kier molecular flexibility index (Phi) is 3.55. The van der Waals surface area contributed by atoms with E-state index in [2.05, 4.69) is 15.9 Å². The Hall–Kier alpha value is -0.550. The number of nitrogens with zero attached hydrogens (tertiary/aromatic N) is 1. The van der Waals surface area contributed by atoms with Gasteiger partial charge in [-0.3, -0.25) is 4.31 Å². The van der Waals surface area contributed by atoms with Crippen molar-refractivity contribution in [1.82, 2.24) is 0 Å². The van der Waals surface area contributed by atoms with Gasteiger partial charge in [0, 0.05) is 17.3 Å². The minimum atomic E-state index is -2.66. The molecule has 0 aliphatic rings. The fourth-order valence-electron chi connectivity index (χ4n) is 1.24. The summed E-state index contributed by atoms with van der Waals surface area (Å²) in [6, 6.07) is 7.46. The van der Waals surface area contributed by atoms with Gasteiger partial charge < -0.3 is 0 Å². The predicted molar refractivity (Wildman–Crippen MR) is 63.9 cm³/mol. The van der Waals surface area contributed by atoms with E-state index >= 15 is 0 Å². The van der Waals surface area contributed by atoms with E-state index in [1.54, 1.807) is 4.31 Å². The zero-order valence-corrected chi connectivity index (χ0v) is 10.6. The normalized spacial score (nSPS) is 14.8. The van der Waals surface area contributed by atoms with E-state index in [9.17, 15) is 4.21 Å². The van der Waals surface area contributed by atoms with Gasteiger partial charge in [-0.05, 0) is 31.2 Å². The number of hydrogen-bond donors (Lipinski definition) is 1. The van der Waals surface area contributed by atoms with Crippen molar-refractivity contribution in [3.8, 4) is 0 Å². The maximum absolute atomic E-state index is 11.6. The van der Waals surface area contributed by atoms with Crippen LogP contribution in [-0.4, -0.2) is 17.0 Å². The summed E-state index contributed by atoms with van der Waals surface area (Å²) in [7, 11) is -2.66. The molecule has 0 heterocycles. The maximum Gasteiger partial charge on any atom is 0.126 e. The first-order valence-electron chi connectivity index (χ1n) is 4.22. The molecule has 1 aromatic carbocycles. The van der Waals surface area contributed by atoms with Gasteiger partial charge in [0.2, 0.25) is 0 Å². The molecule has 0 saturated heterocycles. The summed E-state index contributed by atoms with van der Waals surface area (Å²) in [5.41, 5.74) is 0.818. The molecule has 0 radical (unpaired) electrons. The van der Waals surface area contributed by atoms with Crippen LogP contribution in [0.3, 0.4) is 0 Å². The number of nitrogens with one attached hydrogen (secondary N) is 1. The van der Waals surface area contributed by atoms with E-state index in [-0.39, 0.29) is 0 Å². The Bertz CT molecular complexity index is 399. The number of benzene rings is 1. The number of halogens is 1. The van der Waals surface area contributed by atoms with Crippen molar-refractivity contribution in [3.63, 3.8) is 0 Å². The van der Waals surface area contributed by atoms with E-state index in [0.29, 0.717) is 6.54 Å². The second-order valence-corrected chi connectivity index (χ2v) is 5.94. The third-order valence-corrected chi connectivity index (χ3v) is 3.66. The lowest BCUT2D eigenvalue weighted by atomic mass is 10.3. The molecular weight excluding hydrogens is 264 g/mol. The lowest BCUT2D eigenvalue weighted by Crippen LogP contribution is -2.28. The van der Waals surface area contributed by atoms with Gasteiger partial charge in [0.15, 0.2) is 0 Å². The van der Waals surface area contributed by atoms with Crippen molar-refractivity contribution in [3.05, 3.63) is 28.7 Å². The van der Waals surface area contributed by atoms with E-state index < -0.39 is 9.92 Å². The molecule has 0 aromatic heterocycles. The standard InChI is InChI=1S/C9H13BrN2OS/c1-3-12(14(2,11)13)9-6-4-8(10)5-7-9/h4-7,11H,3H2,1-2H3. The maximum atomic E-state index is 11.6. The topological polar surface area (TPSA) is 44.2 Å². The first-order valence-corrected chi connectivity index (χ1v) is 6.94. The molecule has 1 N–H and O–H groups in total. The molecule has 1 aromatic rings. The summed E-state index contributed by atoms with van der Waals surface area (Å²) in [5.74, 6) is 0. The van der Waals surface area contributed by atoms with Gasteiger partial charge in [0.25, 0.3) is 0 Å². The third-order valence-electron chi connectivity index (χ3n) is 1.82. The van der Waals surface area contributed by atoms with Gasteiger partial charge in [-0.25, -0.2) is 8.99 Å². The Balaban J connectivity index is 3.08. The monoisotopic (exact) mass is 276 g/mol. The summed E-state index contributed by atoms with van der Waals surface area (Å²) in [6.07, 6.45) is 1.43. The Morgan fingerprint density at radius 2 is 1.93 bits per heavy atom. The lowest BCUT2D eigenvalue weighted by Gasteiger charge is -2.22. The molecular formula is C9H13BrN2OS. The summed E-state index contributed by atoms with van der Waals surface area (Å²) in [6.45, 7) is 2.46. The van der Waals surface area contributed by atoms with Crippen molar-refractivity contribution < 1.29 is 4.21 Å². The minimum absolute atomic E-state index is 0.570. The van der Waals surface area contributed by atoms with E-state index in [0.717, 1.165) is 10.2 Å². The van der Waals surface area contributed by atoms with Crippen molar-refractivity contribution in [1.29, 1.82) is 4.78 Å².